The monoisotopic (exact) mass is 425 g/mol. The minimum absolute atomic E-state index is 0.00522. The first-order valence-electron chi connectivity index (χ1n) is 9.58. The number of nitrogens with zero attached hydrogens (tertiary/aromatic N) is 5. The van der Waals surface area contributed by atoms with Gasteiger partial charge in [-0.3, -0.25) is 0 Å². The van der Waals surface area contributed by atoms with Gasteiger partial charge in [-0.1, -0.05) is 12.1 Å². The van der Waals surface area contributed by atoms with Crippen LogP contribution in [0.1, 0.15) is 0 Å². The van der Waals surface area contributed by atoms with Crippen molar-refractivity contribution in [3.8, 4) is 34.4 Å². The molecule has 5 aromatic rings. The van der Waals surface area contributed by atoms with Crippen molar-refractivity contribution in [2.24, 2.45) is 0 Å². The van der Waals surface area contributed by atoms with Gasteiger partial charge >= 0.3 is 5.76 Å². The number of benzene rings is 2. The fraction of sp³-hybridized carbons (Fsp3) is 0.0455. The summed E-state index contributed by atoms with van der Waals surface area (Å²) in [4.78, 5) is 15.7. The summed E-state index contributed by atoms with van der Waals surface area (Å²) in [5.41, 5.74) is 3.98. The number of hydrogen-bond donors (Lipinski definition) is 2. The number of fused-ring (bicyclic) bond motifs is 1. The molecule has 10 nitrogen and oxygen atoms in total. The van der Waals surface area contributed by atoms with Crippen LogP contribution in [0, 0.1) is 11.3 Å². The summed E-state index contributed by atoms with van der Waals surface area (Å²) < 4.78 is 12.0. The Morgan fingerprint density at radius 3 is 2.59 bits per heavy atom. The third-order valence-corrected chi connectivity index (χ3v) is 4.66. The lowest BCUT2D eigenvalue weighted by Gasteiger charge is -2.05. The zero-order valence-corrected chi connectivity index (χ0v) is 16.5. The molecule has 0 spiro atoms. The summed E-state index contributed by atoms with van der Waals surface area (Å²) in [6.45, 7) is 0.00522. The molecule has 0 saturated heterocycles. The molecule has 0 saturated carbocycles. The smallest absolute Gasteiger partial charge is 0.434 e. The highest BCUT2D eigenvalue weighted by atomic mass is 16.5. The Kier molecular flexibility index (Phi) is 4.82. The van der Waals surface area contributed by atoms with E-state index >= 15 is 0 Å². The molecule has 32 heavy (non-hydrogen) atoms. The van der Waals surface area contributed by atoms with Gasteiger partial charge in [-0.05, 0) is 54.1 Å². The first kappa shape index (κ1) is 19.1. The molecule has 2 N–H and O–H groups in total. The van der Waals surface area contributed by atoms with E-state index in [-0.39, 0.29) is 12.5 Å². The number of pyridine rings is 1. The largest absolute Gasteiger partial charge is 0.479 e. The molecule has 0 fully saturated rings. The lowest BCUT2D eigenvalue weighted by Crippen LogP contribution is -1.93. The molecule has 0 unspecified atom stereocenters. The topological polar surface area (TPSA) is 134 Å². The number of aromatic amines is 1. The van der Waals surface area contributed by atoms with E-state index in [0.29, 0.717) is 22.9 Å². The van der Waals surface area contributed by atoms with Gasteiger partial charge < -0.3 is 14.5 Å². The maximum atomic E-state index is 11.1. The van der Waals surface area contributed by atoms with Gasteiger partial charge in [0.05, 0.1) is 0 Å². The van der Waals surface area contributed by atoms with E-state index in [9.17, 15) is 4.79 Å². The van der Waals surface area contributed by atoms with Crippen LogP contribution < -0.4 is 15.8 Å². The molecule has 0 aliphatic carbocycles. The molecule has 0 aliphatic heterocycles. The fourth-order valence-corrected chi connectivity index (χ4v) is 3.21. The molecule has 0 amide bonds. The maximum absolute atomic E-state index is 11.1. The Balaban J connectivity index is 1.39. The average Bonchev–Trinajstić information content (AvgIpc) is 3.44. The first-order valence-corrected chi connectivity index (χ1v) is 9.58. The maximum Gasteiger partial charge on any atom is 0.434 e. The summed E-state index contributed by atoms with van der Waals surface area (Å²) in [5, 5.41) is 22.4. The number of nitriles is 1. The summed E-state index contributed by atoms with van der Waals surface area (Å²) in [6, 6.07) is 20.4. The van der Waals surface area contributed by atoms with E-state index in [4.69, 9.17) is 14.4 Å². The van der Waals surface area contributed by atoms with Gasteiger partial charge in [0, 0.05) is 23.0 Å². The molecule has 2 aromatic carbocycles. The summed E-state index contributed by atoms with van der Waals surface area (Å²) in [6.07, 6.45) is 1.82. The Morgan fingerprint density at radius 1 is 1.09 bits per heavy atom. The van der Waals surface area contributed by atoms with Gasteiger partial charge in [0.1, 0.15) is 11.8 Å². The standard InChI is InChI=1S/C22H15N7O3/c23-11-13-31-17-9-5-14(6-10-17)18-2-1-12-29-19(18)25-21(28-29)24-16-7-3-15(4-8-16)20-26-27-22(30)32-20/h1-10,12H,13H2,(H,24,28)(H,27,30). The van der Waals surface area contributed by atoms with Crippen molar-refractivity contribution in [3.05, 3.63) is 77.4 Å². The number of H-pyrrole nitrogens is 1. The zero-order chi connectivity index (χ0) is 21.9. The normalized spacial score (nSPS) is 10.7. The van der Waals surface area contributed by atoms with Crippen molar-refractivity contribution in [3.63, 3.8) is 0 Å². The van der Waals surface area contributed by atoms with Crippen LogP contribution in [0.5, 0.6) is 5.75 Å². The number of hydrogen-bond acceptors (Lipinski definition) is 8. The fourth-order valence-electron chi connectivity index (χ4n) is 3.21. The van der Waals surface area contributed by atoms with E-state index in [1.54, 1.807) is 16.6 Å². The molecule has 0 radical (unpaired) electrons. The van der Waals surface area contributed by atoms with Crippen LogP contribution in [0.25, 0.3) is 28.2 Å². The highest BCUT2D eigenvalue weighted by Gasteiger charge is 2.11. The van der Waals surface area contributed by atoms with Crippen LogP contribution in [0.15, 0.2) is 76.1 Å². The summed E-state index contributed by atoms with van der Waals surface area (Å²) in [7, 11) is 0. The van der Waals surface area contributed by atoms with Crippen molar-refractivity contribution < 1.29 is 9.15 Å². The van der Waals surface area contributed by atoms with E-state index in [1.165, 1.54) is 0 Å². The van der Waals surface area contributed by atoms with Gasteiger partial charge in [0.2, 0.25) is 11.8 Å². The van der Waals surface area contributed by atoms with E-state index in [1.807, 2.05) is 60.8 Å². The summed E-state index contributed by atoms with van der Waals surface area (Å²) in [5.74, 6) is 0.687. The lowest BCUT2D eigenvalue weighted by molar-refractivity contribution is 0.368. The molecule has 0 atom stereocenters. The second-order valence-electron chi connectivity index (χ2n) is 6.72. The predicted octanol–water partition coefficient (Wildman–Crippen LogP) is 3.39. The van der Waals surface area contributed by atoms with Crippen LogP contribution in [-0.2, 0) is 0 Å². The Hall–Kier alpha value is -4.91. The molecule has 10 heteroatoms. The number of anilines is 2. The van der Waals surface area contributed by atoms with Crippen molar-refractivity contribution in [1.29, 1.82) is 5.26 Å². The van der Waals surface area contributed by atoms with Crippen LogP contribution >= 0.6 is 0 Å². The number of ether oxygens (including phenoxy) is 1. The predicted molar refractivity (Wildman–Crippen MR) is 115 cm³/mol. The van der Waals surface area contributed by atoms with Crippen LogP contribution in [0.4, 0.5) is 11.6 Å². The molecule has 3 aromatic heterocycles. The summed E-state index contributed by atoms with van der Waals surface area (Å²) >= 11 is 0. The number of aromatic nitrogens is 5. The van der Waals surface area contributed by atoms with Gasteiger partial charge in [-0.2, -0.15) is 10.2 Å². The second-order valence-corrected chi connectivity index (χ2v) is 6.72. The van der Waals surface area contributed by atoms with Gasteiger partial charge in [0.25, 0.3) is 0 Å². The molecule has 3 heterocycles. The number of rotatable bonds is 6. The van der Waals surface area contributed by atoms with Crippen LogP contribution in [0.2, 0.25) is 0 Å². The number of nitrogens with one attached hydrogen (secondary N) is 2. The molecular weight excluding hydrogens is 410 g/mol. The molecule has 0 bridgehead atoms. The highest BCUT2D eigenvalue weighted by molar-refractivity contribution is 5.78. The minimum atomic E-state index is -0.601. The van der Waals surface area contributed by atoms with Crippen LogP contribution in [0.3, 0.4) is 0 Å². The van der Waals surface area contributed by atoms with E-state index in [2.05, 4.69) is 25.6 Å². The SMILES string of the molecule is N#CCOc1ccc(-c2cccn3nc(Nc4ccc(-c5n[nH]c(=O)o5)cc4)nc23)cc1. The van der Waals surface area contributed by atoms with Gasteiger partial charge in [-0.15, -0.1) is 10.2 Å². The first-order chi connectivity index (χ1) is 15.7. The van der Waals surface area contributed by atoms with Crippen molar-refractivity contribution in [2.45, 2.75) is 0 Å². The zero-order valence-electron chi connectivity index (χ0n) is 16.5. The van der Waals surface area contributed by atoms with Crippen LogP contribution in [-0.4, -0.2) is 31.4 Å². The highest BCUT2D eigenvalue weighted by Crippen LogP contribution is 2.27. The lowest BCUT2D eigenvalue weighted by atomic mass is 10.1. The second kappa shape index (κ2) is 8.08. The van der Waals surface area contributed by atoms with Crippen molar-refractivity contribution in [2.75, 3.05) is 11.9 Å². The molecule has 156 valence electrons. The van der Waals surface area contributed by atoms with Gasteiger partial charge in [0.15, 0.2) is 12.3 Å². The Morgan fingerprint density at radius 2 is 1.88 bits per heavy atom. The average molecular weight is 425 g/mol. The van der Waals surface area contributed by atoms with E-state index < -0.39 is 5.76 Å². The van der Waals surface area contributed by atoms with Crippen molar-refractivity contribution in [1.82, 2.24) is 24.8 Å². The quantitative estimate of drug-likeness (QED) is 0.423. The third kappa shape index (κ3) is 3.78. The van der Waals surface area contributed by atoms with Gasteiger partial charge in [-0.25, -0.2) is 14.4 Å². The third-order valence-electron chi connectivity index (χ3n) is 4.66. The Bertz CT molecular complexity index is 1480. The van der Waals surface area contributed by atoms with E-state index in [0.717, 1.165) is 16.8 Å². The Labute approximate surface area is 180 Å². The van der Waals surface area contributed by atoms with Crippen molar-refractivity contribution >= 4 is 17.3 Å². The molecular formula is C22H15N7O3. The molecule has 0 aliphatic rings. The molecule has 5 rings (SSSR count). The minimum Gasteiger partial charge on any atom is -0.479 e.